The Bertz CT molecular complexity index is 308. The molecule has 4 heteroatoms. The van der Waals surface area contributed by atoms with Crippen molar-refractivity contribution in [3.63, 3.8) is 0 Å². The molecule has 0 atom stereocenters. The van der Waals surface area contributed by atoms with Crippen LogP contribution in [-0.4, -0.2) is 0 Å². The smallest absolute Gasteiger partial charge is 0.100 e. The summed E-state index contributed by atoms with van der Waals surface area (Å²) in [5.74, 6) is 0. The van der Waals surface area contributed by atoms with Crippen LogP contribution in [0.5, 0.6) is 0 Å². The lowest BCUT2D eigenvalue weighted by Gasteiger charge is -1.96. The maximum atomic E-state index is 8.61. The molecule has 0 unspecified atom stereocenters. The Kier molecular flexibility index (Phi) is 3.25. The molecule has 1 aromatic carbocycles. The molecular weight excluding hydrogens is 246 g/mol. The normalized spacial score (nSPS) is 9.18. The van der Waals surface area contributed by atoms with Gasteiger partial charge in [0.05, 0.1) is 5.56 Å². The number of rotatable bonds is 1. The molecule has 0 aliphatic heterocycles. The van der Waals surface area contributed by atoms with Crippen LogP contribution in [0.1, 0.15) is 5.56 Å². The van der Waals surface area contributed by atoms with E-state index in [1.165, 1.54) is 0 Å². The largest absolute Gasteiger partial charge is 0.192 e. The predicted molar refractivity (Wildman–Crippen MR) is 50.6 cm³/mol. The minimum Gasteiger partial charge on any atom is -0.192 e. The summed E-state index contributed by atoms with van der Waals surface area (Å²) >= 11 is 3.24. The highest BCUT2D eigenvalue weighted by atomic mass is 79.9. The number of hydrogen-bond acceptors (Lipinski definition) is 2. The maximum absolute atomic E-state index is 8.61. The topological polar surface area (TPSA) is 23.8 Å². The van der Waals surface area contributed by atoms with Crippen molar-refractivity contribution in [1.29, 1.82) is 5.26 Å². The first kappa shape index (κ1) is 8.92. The van der Waals surface area contributed by atoms with Crippen molar-refractivity contribution in [2.75, 3.05) is 0 Å². The molecule has 0 spiro atoms. The van der Waals surface area contributed by atoms with E-state index in [9.17, 15) is 0 Å². The van der Waals surface area contributed by atoms with E-state index < -0.39 is 0 Å². The SMILES string of the molecule is N#Cc1cc(SCl)ccc1Br. The summed E-state index contributed by atoms with van der Waals surface area (Å²) in [7, 11) is 6.61. The fourth-order valence-corrected chi connectivity index (χ4v) is 1.54. The molecule has 0 bridgehead atoms. The Hall–Kier alpha value is -0.170. The van der Waals surface area contributed by atoms with Crippen LogP contribution in [0, 0.1) is 11.3 Å². The molecule has 0 N–H and O–H groups in total. The highest BCUT2D eigenvalue weighted by molar-refractivity contribution is 9.10. The van der Waals surface area contributed by atoms with Gasteiger partial charge in [0.15, 0.2) is 0 Å². The summed E-state index contributed by atoms with van der Waals surface area (Å²) in [6, 6.07) is 7.45. The van der Waals surface area contributed by atoms with Gasteiger partial charge in [0.25, 0.3) is 0 Å². The lowest BCUT2D eigenvalue weighted by atomic mass is 10.2. The molecule has 0 amide bonds. The Morgan fingerprint density at radius 2 is 2.27 bits per heavy atom. The van der Waals surface area contributed by atoms with E-state index in [1.54, 1.807) is 6.07 Å². The third kappa shape index (κ3) is 2.13. The first-order chi connectivity index (χ1) is 5.27. The number of nitrogens with zero attached hydrogens (tertiary/aromatic N) is 1. The van der Waals surface area contributed by atoms with Gasteiger partial charge in [-0.05, 0) is 55.8 Å². The highest BCUT2D eigenvalue weighted by Gasteiger charge is 1.99. The molecule has 11 heavy (non-hydrogen) atoms. The summed E-state index contributed by atoms with van der Waals surface area (Å²) < 4.78 is 0.800. The van der Waals surface area contributed by atoms with Crippen molar-refractivity contribution in [2.24, 2.45) is 0 Å². The number of halogens is 2. The van der Waals surface area contributed by atoms with E-state index in [4.69, 9.17) is 15.9 Å². The molecule has 0 aliphatic rings. The molecule has 1 nitrogen and oxygen atoms in total. The van der Waals surface area contributed by atoms with Gasteiger partial charge in [-0.3, -0.25) is 0 Å². The van der Waals surface area contributed by atoms with Crippen LogP contribution in [0.4, 0.5) is 0 Å². The van der Waals surface area contributed by atoms with E-state index in [1.807, 2.05) is 12.1 Å². The number of nitriles is 1. The van der Waals surface area contributed by atoms with Gasteiger partial charge in [-0.1, -0.05) is 0 Å². The van der Waals surface area contributed by atoms with Gasteiger partial charge in [-0.2, -0.15) is 5.26 Å². The molecular formula is C7H3BrClNS. The second-order valence-electron chi connectivity index (χ2n) is 1.83. The van der Waals surface area contributed by atoms with Gasteiger partial charge in [0, 0.05) is 9.37 Å². The second kappa shape index (κ2) is 4.01. The summed E-state index contributed by atoms with van der Waals surface area (Å²) in [5.41, 5.74) is 0.607. The Labute approximate surface area is 82.0 Å². The van der Waals surface area contributed by atoms with Crippen LogP contribution >= 0.6 is 37.6 Å². The molecule has 0 fully saturated rings. The van der Waals surface area contributed by atoms with Gasteiger partial charge in [0.1, 0.15) is 6.07 Å². The van der Waals surface area contributed by atoms with Gasteiger partial charge in [0.2, 0.25) is 0 Å². The van der Waals surface area contributed by atoms with Crippen molar-refractivity contribution >= 4 is 37.6 Å². The first-order valence-corrected chi connectivity index (χ1v) is 5.19. The Balaban J connectivity index is 3.15. The second-order valence-corrected chi connectivity index (χ2v) is 3.77. The lowest BCUT2D eigenvalue weighted by Crippen LogP contribution is -1.76. The zero-order chi connectivity index (χ0) is 8.27. The van der Waals surface area contributed by atoms with Crippen LogP contribution in [-0.2, 0) is 0 Å². The molecule has 1 aromatic rings. The standard InChI is InChI=1S/C7H3BrClNS/c8-7-2-1-6(11-9)3-5(7)4-10/h1-3H. The summed E-state index contributed by atoms with van der Waals surface area (Å²) in [6.45, 7) is 0. The molecule has 0 heterocycles. The predicted octanol–water partition coefficient (Wildman–Crippen LogP) is 3.57. The van der Waals surface area contributed by atoms with Gasteiger partial charge < -0.3 is 0 Å². The highest BCUT2D eigenvalue weighted by Crippen LogP contribution is 2.26. The summed E-state index contributed by atoms with van der Waals surface area (Å²) in [4.78, 5) is 0.881. The van der Waals surface area contributed by atoms with Crippen molar-refractivity contribution in [3.05, 3.63) is 28.2 Å². The van der Waals surface area contributed by atoms with Crippen molar-refractivity contribution in [2.45, 2.75) is 4.90 Å². The van der Waals surface area contributed by atoms with Crippen LogP contribution in [0.3, 0.4) is 0 Å². The zero-order valence-electron chi connectivity index (χ0n) is 5.34. The average molecular weight is 249 g/mol. The molecule has 0 saturated carbocycles. The van der Waals surface area contributed by atoms with Crippen LogP contribution < -0.4 is 0 Å². The van der Waals surface area contributed by atoms with Gasteiger partial charge in [-0.15, -0.1) is 0 Å². The van der Waals surface area contributed by atoms with Gasteiger partial charge in [-0.25, -0.2) is 0 Å². The van der Waals surface area contributed by atoms with E-state index in [0.717, 1.165) is 20.3 Å². The third-order valence-corrected chi connectivity index (χ3v) is 2.81. The molecule has 1 rings (SSSR count). The summed E-state index contributed by atoms with van der Waals surface area (Å²) in [6.07, 6.45) is 0. The third-order valence-electron chi connectivity index (χ3n) is 1.15. The minimum absolute atomic E-state index is 0.607. The minimum atomic E-state index is 0.607. The van der Waals surface area contributed by atoms with Crippen molar-refractivity contribution < 1.29 is 0 Å². The maximum Gasteiger partial charge on any atom is 0.100 e. The van der Waals surface area contributed by atoms with Crippen LogP contribution in [0.15, 0.2) is 27.6 Å². The Morgan fingerprint density at radius 3 is 2.82 bits per heavy atom. The van der Waals surface area contributed by atoms with Crippen LogP contribution in [0.2, 0.25) is 0 Å². The van der Waals surface area contributed by atoms with E-state index in [2.05, 4.69) is 22.0 Å². The fourth-order valence-electron chi connectivity index (χ4n) is 0.638. The van der Waals surface area contributed by atoms with Crippen molar-refractivity contribution in [3.8, 4) is 6.07 Å². The molecule has 0 aromatic heterocycles. The lowest BCUT2D eigenvalue weighted by molar-refractivity contribution is 1.39. The monoisotopic (exact) mass is 247 g/mol. The number of hydrogen-bond donors (Lipinski definition) is 0. The van der Waals surface area contributed by atoms with Gasteiger partial charge >= 0.3 is 0 Å². The van der Waals surface area contributed by atoms with Crippen molar-refractivity contribution in [1.82, 2.24) is 0 Å². The number of benzene rings is 1. The van der Waals surface area contributed by atoms with E-state index >= 15 is 0 Å². The molecule has 0 aliphatic carbocycles. The summed E-state index contributed by atoms with van der Waals surface area (Å²) in [5, 5.41) is 8.61. The molecule has 0 saturated heterocycles. The average Bonchev–Trinajstić information content (AvgIpc) is 2.05. The first-order valence-electron chi connectivity index (χ1n) is 2.76. The zero-order valence-corrected chi connectivity index (χ0v) is 8.50. The quantitative estimate of drug-likeness (QED) is 0.759. The fraction of sp³-hybridized carbons (Fsp3) is 0. The van der Waals surface area contributed by atoms with E-state index in [-0.39, 0.29) is 0 Å². The Morgan fingerprint density at radius 1 is 1.55 bits per heavy atom. The molecule has 56 valence electrons. The van der Waals surface area contributed by atoms with E-state index in [0.29, 0.717) is 5.56 Å². The van der Waals surface area contributed by atoms with Crippen LogP contribution in [0.25, 0.3) is 0 Å². The molecule has 0 radical (unpaired) electrons.